The number of primary amides is 1. The number of hydrogen-bond donors (Lipinski definition) is 1. The van der Waals surface area contributed by atoms with Crippen LogP contribution in [0, 0.1) is 29.6 Å². The molecule has 8 nitrogen and oxygen atoms in total. The van der Waals surface area contributed by atoms with Gasteiger partial charge in [-0.1, -0.05) is 124 Å². The van der Waals surface area contributed by atoms with E-state index in [1.807, 2.05) is 43.3 Å². The van der Waals surface area contributed by atoms with Crippen molar-refractivity contribution in [3.05, 3.63) is 59.7 Å². The second-order valence-corrected chi connectivity index (χ2v) is 27.7. The van der Waals surface area contributed by atoms with Crippen LogP contribution in [-0.4, -0.2) is 60.7 Å². The Hall–Kier alpha value is -2.25. The Morgan fingerprint density at radius 1 is 0.788 bits per heavy atom. The lowest BCUT2D eigenvalue weighted by Gasteiger charge is -2.45. The average molecular weight is 762 g/mol. The molecule has 298 valence electrons. The van der Waals surface area contributed by atoms with Gasteiger partial charge in [-0.15, -0.1) is 0 Å². The molecule has 8 atom stereocenters. The summed E-state index contributed by atoms with van der Waals surface area (Å²) in [5.41, 5.74) is 8.00. The molecule has 0 aliphatic heterocycles. The summed E-state index contributed by atoms with van der Waals surface area (Å²) in [5.74, 6) is -0.493. The van der Waals surface area contributed by atoms with E-state index in [2.05, 4.69) is 108 Å². The summed E-state index contributed by atoms with van der Waals surface area (Å²) in [6, 6.07) is 10.0. The Bertz CT molecular complexity index is 1300. The van der Waals surface area contributed by atoms with Crippen LogP contribution in [0.5, 0.6) is 0 Å². The summed E-state index contributed by atoms with van der Waals surface area (Å²) in [7, 11) is -3.00. The molecule has 0 aliphatic carbocycles. The largest absolute Gasteiger partial charge is 0.466 e. The monoisotopic (exact) mass is 762 g/mol. The molecule has 0 spiro atoms. The highest BCUT2D eigenvalue weighted by atomic mass is 28.4. The van der Waals surface area contributed by atoms with Gasteiger partial charge >= 0.3 is 12.1 Å². The number of carbonyl (C=O) groups excluding carboxylic acids is 2. The zero-order chi connectivity index (χ0) is 40.2. The molecule has 0 aliphatic rings. The highest BCUT2D eigenvalue weighted by Gasteiger charge is 2.45. The molecule has 52 heavy (non-hydrogen) atoms. The maximum absolute atomic E-state index is 12.3. The zero-order valence-corrected chi connectivity index (χ0v) is 37.8. The number of carbonyl (C=O) groups is 2. The van der Waals surface area contributed by atoms with Crippen LogP contribution in [0.15, 0.2) is 54.1 Å². The molecule has 1 aromatic rings. The van der Waals surface area contributed by atoms with Crippen molar-refractivity contribution in [3.8, 4) is 0 Å². The lowest BCUT2D eigenvalue weighted by Crippen LogP contribution is -2.51. The fourth-order valence-corrected chi connectivity index (χ4v) is 9.15. The summed E-state index contributed by atoms with van der Waals surface area (Å²) in [6.07, 6.45) is 4.88. The fourth-order valence-electron chi connectivity index (χ4n) is 6.21. The van der Waals surface area contributed by atoms with E-state index < -0.39 is 28.8 Å². The van der Waals surface area contributed by atoms with Crippen LogP contribution in [0.4, 0.5) is 4.79 Å². The molecule has 1 amide bonds. The SMILES string of the molecule is COC(=O)C=C[C@H](C)[C@H](O[Si](C)(C)C(C)(C)C)[C@@H](C)C=C(C)C[C@H](C)[C@@H](O[Si](C)(C)C(C)(C)C)[C@H](C)[C@@H](OC(N)=O)[C@@H](C)COCc1ccccc1. The molecule has 1 rings (SSSR count). The lowest BCUT2D eigenvalue weighted by atomic mass is 9.81. The van der Waals surface area contributed by atoms with E-state index in [-0.39, 0.29) is 57.8 Å². The standard InChI is InChI=1S/C42H75NO7Si2/c1-29(25-31(3)37(30(2)23-24-36(44)46-13)49-51(14,15)41(7,8)9)26-32(4)39(50-52(16,17)42(10,11)12)34(6)38(48-40(43)45)33(5)27-47-28-35-21-19-18-20-22-35/h18-25,30-34,37-39H,26-28H2,1-17H3,(H2,43,45)/t30-,31-,32-,33-,34+,37-,38-,39+/m0/s1. The van der Waals surface area contributed by atoms with Crippen molar-refractivity contribution in [2.45, 2.75) is 151 Å². The van der Waals surface area contributed by atoms with Crippen LogP contribution >= 0.6 is 0 Å². The van der Waals surface area contributed by atoms with Crippen molar-refractivity contribution in [1.29, 1.82) is 0 Å². The molecule has 10 heteroatoms. The van der Waals surface area contributed by atoms with E-state index in [1.54, 1.807) is 0 Å². The first-order valence-corrected chi connectivity index (χ1v) is 24.9. The Morgan fingerprint density at radius 3 is 1.79 bits per heavy atom. The van der Waals surface area contributed by atoms with Gasteiger partial charge < -0.3 is 28.8 Å². The summed E-state index contributed by atoms with van der Waals surface area (Å²) in [5, 5.41) is 0.0123. The van der Waals surface area contributed by atoms with E-state index in [9.17, 15) is 9.59 Å². The summed E-state index contributed by atoms with van der Waals surface area (Å²) >= 11 is 0. The normalized spacial score (nSPS) is 18.2. The predicted octanol–water partition coefficient (Wildman–Crippen LogP) is 10.7. The molecule has 0 saturated carbocycles. The highest BCUT2D eigenvalue weighted by molar-refractivity contribution is 6.74. The van der Waals surface area contributed by atoms with E-state index in [4.69, 9.17) is 28.8 Å². The van der Waals surface area contributed by atoms with Crippen molar-refractivity contribution in [2.75, 3.05) is 13.7 Å². The first-order valence-electron chi connectivity index (χ1n) is 19.1. The van der Waals surface area contributed by atoms with Crippen molar-refractivity contribution in [2.24, 2.45) is 35.3 Å². The molecular weight excluding hydrogens is 687 g/mol. The maximum Gasteiger partial charge on any atom is 0.404 e. The molecule has 0 unspecified atom stereocenters. The third-order valence-corrected chi connectivity index (χ3v) is 20.3. The van der Waals surface area contributed by atoms with Gasteiger partial charge in [0.1, 0.15) is 6.10 Å². The molecule has 1 aromatic carbocycles. The third kappa shape index (κ3) is 15.2. The molecule has 0 radical (unpaired) electrons. The van der Waals surface area contributed by atoms with Crippen molar-refractivity contribution in [3.63, 3.8) is 0 Å². The van der Waals surface area contributed by atoms with E-state index in [0.29, 0.717) is 13.2 Å². The molecule has 0 heterocycles. The first kappa shape index (κ1) is 47.8. The molecule has 2 N–H and O–H groups in total. The average Bonchev–Trinajstić information content (AvgIpc) is 3.02. The van der Waals surface area contributed by atoms with Gasteiger partial charge in [-0.3, -0.25) is 0 Å². The van der Waals surface area contributed by atoms with Crippen LogP contribution in [0.3, 0.4) is 0 Å². The van der Waals surface area contributed by atoms with Gasteiger partial charge in [-0.25, -0.2) is 9.59 Å². The molecule has 0 aromatic heterocycles. The summed E-state index contributed by atoms with van der Waals surface area (Å²) in [4.78, 5) is 24.3. The topological polar surface area (TPSA) is 106 Å². The highest BCUT2D eigenvalue weighted by Crippen LogP contribution is 2.42. The second-order valence-electron chi connectivity index (χ2n) is 18.2. The molecule has 0 fully saturated rings. The fraction of sp³-hybridized carbons (Fsp3) is 0.714. The van der Waals surface area contributed by atoms with Crippen molar-refractivity contribution < 1.29 is 32.7 Å². The third-order valence-electron chi connectivity index (χ3n) is 11.3. The van der Waals surface area contributed by atoms with Gasteiger partial charge in [0.2, 0.25) is 0 Å². The summed E-state index contributed by atoms with van der Waals surface area (Å²) < 4.78 is 31.2. The Kier molecular flexibility index (Phi) is 18.8. The number of benzene rings is 1. The van der Waals surface area contributed by atoms with Gasteiger partial charge in [-0.05, 0) is 67.0 Å². The van der Waals surface area contributed by atoms with E-state index >= 15 is 0 Å². The van der Waals surface area contributed by atoms with E-state index in [0.717, 1.165) is 12.0 Å². The van der Waals surface area contributed by atoms with Crippen LogP contribution in [0.2, 0.25) is 36.3 Å². The minimum absolute atomic E-state index is 0.0170. The number of esters is 1. The minimum atomic E-state index is -2.25. The van der Waals surface area contributed by atoms with Crippen molar-refractivity contribution in [1.82, 2.24) is 0 Å². The van der Waals surface area contributed by atoms with Gasteiger partial charge in [-0.2, -0.15) is 0 Å². The lowest BCUT2D eigenvalue weighted by molar-refractivity contribution is -0.134. The number of rotatable bonds is 20. The quantitative estimate of drug-likeness (QED) is 0.0610. The van der Waals surface area contributed by atoms with Crippen LogP contribution in [0.25, 0.3) is 0 Å². The van der Waals surface area contributed by atoms with Gasteiger partial charge in [0, 0.05) is 23.8 Å². The number of allylic oxidation sites excluding steroid dienone is 1. The molecular formula is C42H75NO7Si2. The Labute approximate surface area is 319 Å². The number of hydrogen-bond acceptors (Lipinski definition) is 7. The van der Waals surface area contributed by atoms with Crippen LogP contribution < -0.4 is 5.73 Å². The number of ether oxygens (including phenoxy) is 3. The number of nitrogens with two attached hydrogens (primary N) is 1. The zero-order valence-electron chi connectivity index (χ0n) is 35.8. The van der Waals surface area contributed by atoms with Gasteiger partial charge in [0.15, 0.2) is 16.6 Å². The smallest absolute Gasteiger partial charge is 0.404 e. The minimum Gasteiger partial charge on any atom is -0.466 e. The van der Waals surface area contributed by atoms with Crippen molar-refractivity contribution >= 4 is 28.7 Å². The second kappa shape index (κ2) is 20.4. The van der Waals surface area contributed by atoms with Gasteiger partial charge in [0.05, 0.1) is 32.5 Å². The van der Waals surface area contributed by atoms with E-state index in [1.165, 1.54) is 18.8 Å². The molecule has 0 saturated heterocycles. The predicted molar refractivity (Wildman–Crippen MR) is 220 cm³/mol. The molecule has 0 bridgehead atoms. The Balaban J connectivity index is 3.47. The van der Waals surface area contributed by atoms with Gasteiger partial charge in [0.25, 0.3) is 0 Å². The maximum atomic E-state index is 12.3. The Morgan fingerprint density at radius 2 is 1.31 bits per heavy atom. The number of methoxy groups -OCH3 is 1. The van der Waals surface area contributed by atoms with Crippen LogP contribution in [0.1, 0.15) is 95.1 Å². The summed E-state index contributed by atoms with van der Waals surface area (Å²) in [6.45, 7) is 36.3. The van der Waals surface area contributed by atoms with Crippen LogP contribution in [-0.2, 0) is 34.5 Å². The number of amides is 1. The first-order chi connectivity index (χ1) is 23.7.